The molecule has 1 atom stereocenters. The fraction of sp³-hybridized carbons (Fsp3) is 0.333. The summed E-state index contributed by atoms with van der Waals surface area (Å²) >= 11 is 0. The van der Waals surface area contributed by atoms with E-state index in [1.165, 1.54) is 6.26 Å². The zero-order chi connectivity index (χ0) is 15.3. The van der Waals surface area contributed by atoms with Gasteiger partial charge in [-0.1, -0.05) is 0 Å². The van der Waals surface area contributed by atoms with Crippen molar-refractivity contribution in [2.24, 2.45) is 0 Å². The van der Waals surface area contributed by atoms with E-state index in [-0.39, 0.29) is 5.92 Å². The summed E-state index contributed by atoms with van der Waals surface area (Å²) in [5, 5.41) is 3.17. The van der Waals surface area contributed by atoms with Crippen LogP contribution in [-0.2, 0) is 10.0 Å². The molecule has 0 saturated carbocycles. The van der Waals surface area contributed by atoms with E-state index < -0.39 is 10.0 Å². The van der Waals surface area contributed by atoms with Crippen LogP contribution < -0.4 is 0 Å². The Balaban J connectivity index is 1.87. The summed E-state index contributed by atoms with van der Waals surface area (Å²) in [7, 11) is -3.13. The monoisotopic (exact) mass is 316 g/mol. The van der Waals surface area contributed by atoms with Crippen molar-refractivity contribution < 1.29 is 8.42 Å². The van der Waals surface area contributed by atoms with Crippen LogP contribution >= 0.6 is 0 Å². The third-order valence-corrected chi connectivity index (χ3v) is 5.63. The molecule has 114 valence electrons. The Morgan fingerprint density at radius 2 is 2.18 bits per heavy atom. The third kappa shape index (κ3) is 2.08. The molecule has 0 radical (unpaired) electrons. The van der Waals surface area contributed by atoms with Crippen molar-refractivity contribution in [3.63, 3.8) is 0 Å². The van der Waals surface area contributed by atoms with Gasteiger partial charge in [0.15, 0.2) is 5.65 Å². The number of fused-ring (bicyclic) bond motifs is 3. The molecule has 1 fully saturated rings. The van der Waals surface area contributed by atoms with Crippen molar-refractivity contribution in [3.05, 3.63) is 36.4 Å². The first kappa shape index (κ1) is 13.7. The first-order valence-electron chi connectivity index (χ1n) is 7.20. The van der Waals surface area contributed by atoms with Gasteiger partial charge < -0.3 is 4.98 Å². The zero-order valence-electron chi connectivity index (χ0n) is 12.2. The molecule has 0 aliphatic carbocycles. The van der Waals surface area contributed by atoms with E-state index in [4.69, 9.17) is 0 Å². The van der Waals surface area contributed by atoms with Gasteiger partial charge >= 0.3 is 0 Å². The zero-order valence-corrected chi connectivity index (χ0v) is 13.0. The van der Waals surface area contributed by atoms with Crippen LogP contribution in [0.5, 0.6) is 0 Å². The summed E-state index contributed by atoms with van der Waals surface area (Å²) in [6, 6.07) is 3.95. The lowest BCUT2D eigenvalue weighted by atomic mass is 9.97. The van der Waals surface area contributed by atoms with Gasteiger partial charge in [0.25, 0.3) is 0 Å². The number of aromatic amines is 1. The molecule has 1 aliphatic heterocycles. The van der Waals surface area contributed by atoms with Crippen LogP contribution in [0, 0.1) is 0 Å². The molecule has 1 aliphatic rings. The second-order valence-corrected chi connectivity index (χ2v) is 7.75. The smallest absolute Gasteiger partial charge is 0.211 e. The Labute approximate surface area is 128 Å². The summed E-state index contributed by atoms with van der Waals surface area (Å²) in [4.78, 5) is 11.9. The van der Waals surface area contributed by atoms with E-state index in [1.807, 2.05) is 24.5 Å². The second-order valence-electron chi connectivity index (χ2n) is 5.77. The highest BCUT2D eigenvalue weighted by Gasteiger charge is 2.31. The molecule has 0 bridgehead atoms. The number of hydrogen-bond acceptors (Lipinski definition) is 4. The van der Waals surface area contributed by atoms with Gasteiger partial charge in [-0.15, -0.1) is 0 Å². The SMILES string of the molecule is CS(=O)(=O)N1CCC(c2[nH]ccc3cnc4nccc4c23)C1. The molecule has 1 saturated heterocycles. The first-order chi connectivity index (χ1) is 10.5. The van der Waals surface area contributed by atoms with Gasteiger partial charge in [0.1, 0.15) is 0 Å². The van der Waals surface area contributed by atoms with Crippen LogP contribution in [0.3, 0.4) is 0 Å². The van der Waals surface area contributed by atoms with Gasteiger partial charge in [-0.3, -0.25) is 0 Å². The van der Waals surface area contributed by atoms with Gasteiger partial charge in [0, 0.05) is 59.5 Å². The highest BCUT2D eigenvalue weighted by molar-refractivity contribution is 7.88. The Morgan fingerprint density at radius 1 is 1.32 bits per heavy atom. The largest absolute Gasteiger partial charge is 0.364 e. The van der Waals surface area contributed by atoms with Gasteiger partial charge in [-0.2, -0.15) is 0 Å². The van der Waals surface area contributed by atoms with Gasteiger partial charge in [0.2, 0.25) is 10.0 Å². The van der Waals surface area contributed by atoms with E-state index in [0.717, 1.165) is 33.9 Å². The lowest BCUT2D eigenvalue weighted by molar-refractivity contribution is 0.478. The fourth-order valence-electron chi connectivity index (χ4n) is 3.28. The fourth-order valence-corrected chi connectivity index (χ4v) is 4.17. The molecule has 0 spiro atoms. The molecule has 6 nitrogen and oxygen atoms in total. The average molecular weight is 316 g/mol. The Bertz CT molecular complexity index is 964. The van der Waals surface area contributed by atoms with Crippen LogP contribution in [-0.4, -0.2) is 47.0 Å². The molecule has 7 heteroatoms. The minimum absolute atomic E-state index is 0.166. The number of rotatable bonds is 2. The molecule has 3 aromatic rings. The number of sulfonamides is 1. The molecular weight excluding hydrogens is 300 g/mol. The normalized spacial score (nSPS) is 20.1. The minimum Gasteiger partial charge on any atom is -0.364 e. The van der Waals surface area contributed by atoms with Gasteiger partial charge in [-0.05, 0) is 18.6 Å². The van der Waals surface area contributed by atoms with E-state index in [1.54, 1.807) is 10.5 Å². The third-order valence-electron chi connectivity index (χ3n) is 4.36. The molecule has 4 rings (SSSR count). The molecule has 0 amide bonds. The van der Waals surface area contributed by atoms with Crippen molar-refractivity contribution in [2.75, 3.05) is 19.3 Å². The molecular formula is C15H16N4O2S. The lowest BCUT2D eigenvalue weighted by Crippen LogP contribution is -2.27. The van der Waals surface area contributed by atoms with E-state index in [0.29, 0.717) is 13.1 Å². The molecule has 3 aromatic heterocycles. The maximum absolute atomic E-state index is 11.7. The van der Waals surface area contributed by atoms with E-state index in [2.05, 4.69) is 15.0 Å². The van der Waals surface area contributed by atoms with Crippen LogP contribution in [0.15, 0.2) is 30.7 Å². The number of pyridine rings is 2. The van der Waals surface area contributed by atoms with Crippen molar-refractivity contribution in [1.82, 2.24) is 19.3 Å². The Kier molecular flexibility index (Phi) is 2.95. The number of nitrogens with zero attached hydrogens (tertiary/aromatic N) is 3. The molecule has 1 unspecified atom stereocenters. The number of aromatic nitrogens is 3. The van der Waals surface area contributed by atoms with Gasteiger partial charge in [-0.25, -0.2) is 22.7 Å². The summed E-state index contributed by atoms with van der Waals surface area (Å²) < 4.78 is 25.0. The van der Waals surface area contributed by atoms with Crippen molar-refractivity contribution >= 4 is 31.8 Å². The highest BCUT2D eigenvalue weighted by atomic mass is 32.2. The summed E-state index contributed by atoms with van der Waals surface area (Å²) in [5.74, 6) is 0.166. The van der Waals surface area contributed by atoms with Crippen LogP contribution in [0.2, 0.25) is 0 Å². The predicted octanol–water partition coefficient (Wildman–Crippen LogP) is 1.86. The average Bonchev–Trinajstić information content (AvgIpc) is 3.15. The van der Waals surface area contributed by atoms with E-state index >= 15 is 0 Å². The molecule has 4 heterocycles. The molecule has 0 aromatic carbocycles. The van der Waals surface area contributed by atoms with Crippen LogP contribution in [0.1, 0.15) is 18.0 Å². The minimum atomic E-state index is -3.13. The Morgan fingerprint density at radius 3 is 2.95 bits per heavy atom. The van der Waals surface area contributed by atoms with Crippen LogP contribution in [0.4, 0.5) is 0 Å². The summed E-state index contributed by atoms with van der Waals surface area (Å²) in [6.07, 6.45) is 7.56. The maximum Gasteiger partial charge on any atom is 0.211 e. The van der Waals surface area contributed by atoms with Gasteiger partial charge in [0.05, 0.1) is 6.26 Å². The standard InChI is InChI=1S/C15H16N4O2S/c1-22(20,21)19-7-4-11(9-19)14-13-10(2-5-16-14)8-18-15-12(13)3-6-17-15/h2-3,5-6,8,11,16H,4,7,9H2,1H3. The Hall–Kier alpha value is -1.99. The van der Waals surface area contributed by atoms with Crippen LogP contribution in [0.25, 0.3) is 21.8 Å². The van der Waals surface area contributed by atoms with Crippen molar-refractivity contribution in [3.8, 4) is 0 Å². The number of H-pyrrole nitrogens is 1. The first-order valence-corrected chi connectivity index (χ1v) is 9.05. The van der Waals surface area contributed by atoms with Crippen molar-refractivity contribution in [1.29, 1.82) is 0 Å². The quantitative estimate of drug-likeness (QED) is 0.782. The predicted molar refractivity (Wildman–Crippen MR) is 85.2 cm³/mol. The van der Waals surface area contributed by atoms with Crippen molar-refractivity contribution in [2.45, 2.75) is 12.3 Å². The number of nitrogens with one attached hydrogen (secondary N) is 1. The second kappa shape index (κ2) is 4.76. The summed E-state index contributed by atoms with van der Waals surface area (Å²) in [6.45, 7) is 1.09. The molecule has 1 N–H and O–H groups in total. The number of hydrogen-bond donors (Lipinski definition) is 1. The maximum atomic E-state index is 11.7. The summed E-state index contributed by atoms with van der Waals surface area (Å²) in [5.41, 5.74) is 1.80. The lowest BCUT2D eigenvalue weighted by Gasteiger charge is -2.15. The molecule has 22 heavy (non-hydrogen) atoms. The van der Waals surface area contributed by atoms with E-state index in [9.17, 15) is 8.42 Å². The topological polar surface area (TPSA) is 79.0 Å². The highest BCUT2D eigenvalue weighted by Crippen LogP contribution is 2.34.